The maximum atomic E-state index is 14.8. The van der Waals surface area contributed by atoms with E-state index in [1.807, 2.05) is 0 Å². The number of rotatable bonds is 7. The molecule has 9 nitrogen and oxygen atoms in total. The van der Waals surface area contributed by atoms with Crippen LogP contribution in [0.5, 0.6) is 0 Å². The molecule has 1 amide bonds. The molecular weight excluding hydrogens is 560 g/mol. The topological polar surface area (TPSA) is 103 Å². The number of carbonyl (C=O) groups is 1. The van der Waals surface area contributed by atoms with E-state index in [0.29, 0.717) is 12.3 Å². The molecule has 0 radical (unpaired) electrons. The van der Waals surface area contributed by atoms with Crippen molar-refractivity contribution in [3.05, 3.63) is 45.5 Å². The van der Waals surface area contributed by atoms with Gasteiger partial charge in [-0.15, -0.1) is 0 Å². The lowest BCUT2D eigenvalue weighted by Crippen LogP contribution is -2.58. The average Bonchev–Trinajstić information content (AvgIpc) is 2.84. The van der Waals surface area contributed by atoms with E-state index in [1.165, 1.54) is 16.7 Å². The molecule has 0 spiro atoms. The van der Waals surface area contributed by atoms with Crippen molar-refractivity contribution in [3.63, 3.8) is 0 Å². The minimum absolute atomic E-state index is 0.0887. The second kappa shape index (κ2) is 10.8. The van der Waals surface area contributed by atoms with Crippen LogP contribution in [-0.4, -0.2) is 70.9 Å². The molecule has 0 bridgehead atoms. The summed E-state index contributed by atoms with van der Waals surface area (Å²) in [7, 11) is 0. The Kier molecular flexibility index (Phi) is 7.97. The summed E-state index contributed by atoms with van der Waals surface area (Å²) in [5.74, 6) is -4.22. The Morgan fingerprint density at radius 2 is 1.93 bits per heavy atom. The summed E-state index contributed by atoms with van der Waals surface area (Å²) in [6.45, 7) is 1.38. The zero-order valence-corrected chi connectivity index (χ0v) is 20.9. The minimum atomic E-state index is -4.91. The van der Waals surface area contributed by atoms with E-state index < -0.39 is 70.6 Å². The number of aromatic amines is 1. The molecule has 0 aliphatic carbocycles. The predicted molar refractivity (Wildman–Crippen MR) is 124 cm³/mol. The van der Waals surface area contributed by atoms with Crippen molar-refractivity contribution in [1.82, 2.24) is 20.1 Å². The lowest BCUT2D eigenvalue weighted by Gasteiger charge is -2.47. The third-order valence-corrected chi connectivity index (χ3v) is 6.56. The molecule has 1 fully saturated rings. The summed E-state index contributed by atoms with van der Waals surface area (Å²) in [5.41, 5.74) is -5.44. The number of amides is 1. The number of nitrogens with one attached hydrogen (secondary N) is 2. The molecule has 2 aliphatic rings. The SMILES string of the molecule is C[C@@H](COCCC(=O)N1CCN2c3ncc(C(F)(F)F)cc3C(F)(F)C[C@H]2C1)Nc1cn[nH]c(=O)c1C(F)(F)F. The van der Waals surface area contributed by atoms with Crippen molar-refractivity contribution in [2.45, 2.75) is 50.1 Å². The molecule has 0 unspecified atom stereocenters. The van der Waals surface area contributed by atoms with Crippen LogP contribution in [0.25, 0.3) is 0 Å². The number of H-pyrrole nitrogens is 1. The predicted octanol–water partition coefficient (Wildman–Crippen LogP) is 3.62. The monoisotopic (exact) mass is 584 g/mol. The highest BCUT2D eigenvalue weighted by Gasteiger charge is 2.49. The molecule has 0 saturated carbocycles. The average molecular weight is 584 g/mol. The highest BCUT2D eigenvalue weighted by Crippen LogP contribution is 2.46. The molecule has 2 atom stereocenters. The third kappa shape index (κ3) is 6.28. The van der Waals surface area contributed by atoms with Crippen molar-refractivity contribution in [3.8, 4) is 0 Å². The molecule has 2 N–H and O–H groups in total. The standard InChI is InChI=1S/C23H24F8N6O3/c1-12(34-16-9-33-35-20(39)18(16)23(29,30)31)11-40-5-2-17(38)36-3-4-37-14(10-36)7-21(24,25)15-6-13(22(26,27)28)8-32-19(15)37/h6,8-9,12,14H,2-5,7,10-11H2,1H3,(H2,34,35,39)/t12-,14-/m0/s1. The molecule has 17 heteroatoms. The molecule has 2 aliphatic heterocycles. The first-order valence-corrected chi connectivity index (χ1v) is 12.1. The van der Waals surface area contributed by atoms with Gasteiger partial charge in [0.05, 0.1) is 48.7 Å². The molecule has 2 aromatic heterocycles. The number of ether oxygens (including phenoxy) is 1. The molecule has 4 heterocycles. The summed E-state index contributed by atoms with van der Waals surface area (Å²) in [4.78, 5) is 30.7. The van der Waals surface area contributed by atoms with Crippen LogP contribution in [0.15, 0.2) is 23.3 Å². The summed E-state index contributed by atoms with van der Waals surface area (Å²) in [5, 5.41) is 7.58. The van der Waals surface area contributed by atoms with Crippen LogP contribution in [0.2, 0.25) is 0 Å². The van der Waals surface area contributed by atoms with E-state index in [4.69, 9.17) is 4.74 Å². The Hall–Kier alpha value is -3.50. The lowest BCUT2D eigenvalue weighted by atomic mass is 9.92. The summed E-state index contributed by atoms with van der Waals surface area (Å²) >= 11 is 0. The second-order valence-electron chi connectivity index (χ2n) is 9.54. The number of alkyl halides is 8. The Morgan fingerprint density at radius 3 is 2.60 bits per heavy atom. The van der Waals surface area contributed by atoms with Gasteiger partial charge in [-0.2, -0.15) is 31.4 Å². The minimum Gasteiger partial charge on any atom is -0.379 e. The van der Waals surface area contributed by atoms with Crippen LogP contribution in [0.4, 0.5) is 46.6 Å². The first kappa shape index (κ1) is 29.5. The maximum Gasteiger partial charge on any atom is 0.423 e. The molecule has 4 rings (SSSR count). The van der Waals surface area contributed by atoms with Gasteiger partial charge in [0.1, 0.15) is 11.4 Å². The van der Waals surface area contributed by atoms with Gasteiger partial charge in [-0.25, -0.2) is 18.9 Å². The Morgan fingerprint density at radius 1 is 1.20 bits per heavy atom. The third-order valence-electron chi connectivity index (χ3n) is 6.56. The van der Waals surface area contributed by atoms with Crippen LogP contribution >= 0.6 is 0 Å². The first-order chi connectivity index (χ1) is 18.6. The zero-order chi connectivity index (χ0) is 29.5. The van der Waals surface area contributed by atoms with Crippen LogP contribution in [0.3, 0.4) is 0 Å². The van der Waals surface area contributed by atoms with Crippen molar-refractivity contribution >= 4 is 17.4 Å². The largest absolute Gasteiger partial charge is 0.423 e. The van der Waals surface area contributed by atoms with Gasteiger partial charge in [0.2, 0.25) is 5.91 Å². The number of nitrogens with zero attached hydrogens (tertiary/aromatic N) is 4. The van der Waals surface area contributed by atoms with Gasteiger partial charge < -0.3 is 19.9 Å². The number of piperazine rings is 1. The second-order valence-corrected chi connectivity index (χ2v) is 9.54. The van der Waals surface area contributed by atoms with Crippen LogP contribution < -0.4 is 15.8 Å². The normalized spacial score (nSPS) is 19.6. The number of halogens is 8. The van der Waals surface area contributed by atoms with E-state index in [9.17, 15) is 44.7 Å². The summed E-state index contributed by atoms with van der Waals surface area (Å²) < 4.78 is 114. The maximum absolute atomic E-state index is 14.8. The number of aromatic nitrogens is 3. The van der Waals surface area contributed by atoms with Gasteiger partial charge in [0.15, 0.2) is 0 Å². The van der Waals surface area contributed by atoms with Crippen LogP contribution in [-0.2, 0) is 27.8 Å². The first-order valence-electron chi connectivity index (χ1n) is 12.1. The number of fused-ring (bicyclic) bond motifs is 3. The Balaban J connectivity index is 1.29. The summed E-state index contributed by atoms with van der Waals surface area (Å²) in [6.07, 6.45) is -9.33. The van der Waals surface area contributed by atoms with E-state index in [1.54, 1.807) is 5.10 Å². The van der Waals surface area contributed by atoms with E-state index in [-0.39, 0.29) is 45.1 Å². The number of carbonyl (C=O) groups excluding carboxylic acids is 1. The van der Waals surface area contributed by atoms with Crippen molar-refractivity contribution in [2.75, 3.05) is 43.1 Å². The van der Waals surface area contributed by atoms with Crippen LogP contribution in [0, 0.1) is 0 Å². The van der Waals surface area contributed by atoms with E-state index >= 15 is 0 Å². The van der Waals surface area contributed by atoms with Gasteiger partial charge in [0.25, 0.3) is 11.5 Å². The van der Waals surface area contributed by atoms with Crippen molar-refractivity contribution < 1.29 is 44.7 Å². The van der Waals surface area contributed by atoms with Crippen molar-refractivity contribution in [2.24, 2.45) is 0 Å². The van der Waals surface area contributed by atoms with Gasteiger partial charge in [-0.05, 0) is 13.0 Å². The molecular formula is C23H24F8N6O3. The number of pyridine rings is 1. The fourth-order valence-electron chi connectivity index (χ4n) is 4.73. The van der Waals surface area contributed by atoms with Crippen LogP contribution in [0.1, 0.15) is 36.5 Å². The molecule has 0 aromatic carbocycles. The van der Waals surface area contributed by atoms with Gasteiger partial charge in [0, 0.05) is 38.3 Å². The molecule has 2 aromatic rings. The quantitative estimate of drug-likeness (QED) is 0.379. The highest BCUT2D eigenvalue weighted by atomic mass is 19.4. The van der Waals surface area contributed by atoms with Gasteiger partial charge >= 0.3 is 12.4 Å². The highest BCUT2D eigenvalue weighted by molar-refractivity contribution is 5.77. The van der Waals surface area contributed by atoms with Gasteiger partial charge in [-0.3, -0.25) is 9.59 Å². The number of hydrogen-bond acceptors (Lipinski definition) is 7. The number of anilines is 2. The Labute approximate surface area is 221 Å². The Bertz CT molecular complexity index is 1300. The fourth-order valence-corrected chi connectivity index (χ4v) is 4.73. The van der Waals surface area contributed by atoms with Crippen molar-refractivity contribution in [1.29, 1.82) is 0 Å². The zero-order valence-electron chi connectivity index (χ0n) is 20.9. The summed E-state index contributed by atoms with van der Waals surface area (Å²) in [6, 6.07) is -1.14. The smallest absolute Gasteiger partial charge is 0.379 e. The lowest BCUT2D eigenvalue weighted by molar-refractivity contribution is -0.139. The van der Waals surface area contributed by atoms with Gasteiger partial charge in [-0.1, -0.05) is 0 Å². The molecule has 40 heavy (non-hydrogen) atoms. The van der Waals surface area contributed by atoms with E-state index in [2.05, 4.69) is 15.4 Å². The molecule has 220 valence electrons. The number of hydrogen-bond donors (Lipinski definition) is 2. The fraction of sp³-hybridized carbons (Fsp3) is 0.565. The molecule has 1 saturated heterocycles. The van der Waals surface area contributed by atoms with E-state index in [0.717, 1.165) is 6.20 Å².